The van der Waals surface area contributed by atoms with Crippen LogP contribution in [0.4, 0.5) is 5.69 Å². The molecule has 0 heterocycles. The number of ketones is 1. The van der Waals surface area contributed by atoms with Gasteiger partial charge in [-0.2, -0.15) is 0 Å². The molecule has 5 nitrogen and oxygen atoms in total. The van der Waals surface area contributed by atoms with Crippen molar-refractivity contribution in [2.75, 3.05) is 5.32 Å². The van der Waals surface area contributed by atoms with Crippen LogP contribution >= 0.6 is 0 Å². The van der Waals surface area contributed by atoms with Crippen LogP contribution in [0.25, 0.3) is 5.70 Å². The Kier molecular flexibility index (Phi) is 5.05. The van der Waals surface area contributed by atoms with E-state index >= 15 is 0 Å². The van der Waals surface area contributed by atoms with Crippen molar-refractivity contribution in [1.29, 1.82) is 0 Å². The molecule has 5 heteroatoms. The molecule has 1 amide bonds. The number of aromatic hydroxyl groups is 1. The minimum atomic E-state index is -0.572. The Labute approximate surface area is 182 Å². The van der Waals surface area contributed by atoms with Gasteiger partial charge in [-0.25, -0.2) is 0 Å². The quantitative estimate of drug-likeness (QED) is 0.368. The molecular formula is C26H28N2O3. The molecule has 3 N–H and O–H groups in total. The zero-order valence-corrected chi connectivity index (χ0v) is 17.5. The van der Waals surface area contributed by atoms with Crippen molar-refractivity contribution in [3.63, 3.8) is 0 Å². The molecule has 2 aromatic carbocycles. The van der Waals surface area contributed by atoms with Gasteiger partial charge in [0, 0.05) is 17.3 Å². The summed E-state index contributed by atoms with van der Waals surface area (Å²) in [6.45, 7) is 0. The summed E-state index contributed by atoms with van der Waals surface area (Å²) in [6.07, 6.45) is 8.21. The van der Waals surface area contributed by atoms with Crippen LogP contribution in [0.5, 0.6) is 5.75 Å². The lowest BCUT2D eigenvalue weighted by Crippen LogP contribution is -2.60. The third kappa shape index (κ3) is 4.09. The fourth-order valence-corrected chi connectivity index (χ4v) is 6.30. The zero-order valence-electron chi connectivity index (χ0n) is 17.5. The van der Waals surface area contributed by atoms with Crippen LogP contribution in [0.2, 0.25) is 0 Å². The first-order valence-corrected chi connectivity index (χ1v) is 11.2. The molecule has 2 aromatic rings. The first-order valence-electron chi connectivity index (χ1n) is 11.2. The monoisotopic (exact) mass is 416 g/mol. The molecule has 160 valence electrons. The molecule has 4 fully saturated rings. The SMILES string of the molecule is O=C(/C=C(/Nc1ccccc1O)c1ccccc1)C(=O)NC12CC3CC(CC(C3)C1)C2. The van der Waals surface area contributed by atoms with Gasteiger partial charge < -0.3 is 15.7 Å². The number of hydrogen-bond acceptors (Lipinski definition) is 4. The molecule has 0 aliphatic heterocycles. The number of amides is 1. The van der Waals surface area contributed by atoms with E-state index in [0.29, 0.717) is 29.1 Å². The van der Waals surface area contributed by atoms with Crippen LogP contribution in [0.15, 0.2) is 60.7 Å². The van der Waals surface area contributed by atoms with Crippen molar-refractivity contribution in [3.8, 4) is 5.75 Å². The van der Waals surface area contributed by atoms with Crippen molar-refractivity contribution in [2.24, 2.45) is 17.8 Å². The molecule has 0 aromatic heterocycles. The van der Waals surface area contributed by atoms with Gasteiger partial charge in [-0.1, -0.05) is 42.5 Å². The molecule has 31 heavy (non-hydrogen) atoms. The normalized spacial score (nSPS) is 28.9. The topological polar surface area (TPSA) is 78.4 Å². The van der Waals surface area contributed by atoms with Gasteiger partial charge in [0.15, 0.2) is 0 Å². The third-order valence-corrected chi connectivity index (χ3v) is 7.17. The minimum Gasteiger partial charge on any atom is -0.506 e. The molecular weight excluding hydrogens is 388 g/mol. The summed E-state index contributed by atoms with van der Waals surface area (Å²) in [5.74, 6) is 1.06. The first-order chi connectivity index (χ1) is 15.0. The van der Waals surface area contributed by atoms with Gasteiger partial charge in [0.1, 0.15) is 5.75 Å². The standard InChI is InChI=1S/C26H28N2O3/c29-23-9-5-4-8-21(23)27-22(20-6-2-1-3-7-20)13-24(30)25(31)28-26-14-17-10-18(15-26)12-19(11-17)16-26/h1-9,13,17-19,27,29H,10-12,14-16H2,(H,28,31)/b22-13+. The van der Waals surface area contributed by atoms with E-state index in [1.165, 1.54) is 25.3 Å². The van der Waals surface area contributed by atoms with Gasteiger partial charge in [0.2, 0.25) is 5.78 Å². The molecule has 0 radical (unpaired) electrons. The lowest BCUT2D eigenvalue weighted by Gasteiger charge is -2.56. The van der Waals surface area contributed by atoms with Gasteiger partial charge >= 0.3 is 0 Å². The van der Waals surface area contributed by atoms with Crippen LogP contribution < -0.4 is 10.6 Å². The Bertz CT molecular complexity index is 993. The van der Waals surface area contributed by atoms with Crippen molar-refractivity contribution >= 4 is 23.1 Å². The number of rotatable bonds is 6. The lowest BCUT2D eigenvalue weighted by atomic mass is 9.53. The van der Waals surface area contributed by atoms with Gasteiger partial charge in [-0.15, -0.1) is 0 Å². The van der Waals surface area contributed by atoms with Crippen molar-refractivity contribution in [1.82, 2.24) is 5.32 Å². The number of carbonyl (C=O) groups is 2. The summed E-state index contributed by atoms with van der Waals surface area (Å²) >= 11 is 0. The maximum absolute atomic E-state index is 12.9. The van der Waals surface area contributed by atoms with E-state index in [1.807, 2.05) is 30.3 Å². The van der Waals surface area contributed by atoms with E-state index in [9.17, 15) is 14.7 Å². The second-order valence-electron chi connectivity index (χ2n) is 9.58. The summed E-state index contributed by atoms with van der Waals surface area (Å²) in [7, 11) is 0. The van der Waals surface area contributed by atoms with E-state index < -0.39 is 11.7 Å². The average molecular weight is 417 g/mol. The van der Waals surface area contributed by atoms with E-state index in [0.717, 1.165) is 24.8 Å². The largest absolute Gasteiger partial charge is 0.506 e. The Morgan fingerprint density at radius 3 is 2.06 bits per heavy atom. The molecule has 4 bridgehead atoms. The third-order valence-electron chi connectivity index (χ3n) is 7.17. The summed E-state index contributed by atoms with van der Waals surface area (Å²) in [5, 5.41) is 16.4. The Hall–Kier alpha value is -3.08. The summed E-state index contributed by atoms with van der Waals surface area (Å²) < 4.78 is 0. The maximum Gasteiger partial charge on any atom is 0.292 e. The number of phenolic OH excluding ortho intramolecular Hbond substituents is 1. The van der Waals surface area contributed by atoms with Gasteiger partial charge in [-0.05, 0) is 74.0 Å². The van der Waals surface area contributed by atoms with Gasteiger partial charge in [0.05, 0.1) is 5.69 Å². The molecule has 0 unspecified atom stereocenters. The first kappa shape index (κ1) is 19.9. The highest BCUT2D eigenvalue weighted by Gasteiger charge is 2.51. The fourth-order valence-electron chi connectivity index (χ4n) is 6.30. The molecule has 0 atom stereocenters. The van der Waals surface area contributed by atoms with Crippen LogP contribution in [0.3, 0.4) is 0 Å². The number of benzene rings is 2. The number of anilines is 1. The summed E-state index contributed by atoms with van der Waals surface area (Å²) in [5.41, 5.74) is 1.52. The van der Waals surface area contributed by atoms with Gasteiger partial charge in [0.25, 0.3) is 5.91 Å². The van der Waals surface area contributed by atoms with Crippen LogP contribution in [-0.4, -0.2) is 22.3 Å². The molecule has 0 spiro atoms. The number of phenols is 1. The fraction of sp³-hybridized carbons (Fsp3) is 0.385. The van der Waals surface area contributed by atoms with Crippen molar-refractivity contribution < 1.29 is 14.7 Å². The van der Waals surface area contributed by atoms with Crippen molar-refractivity contribution in [2.45, 2.75) is 44.1 Å². The van der Waals surface area contributed by atoms with Crippen LogP contribution in [-0.2, 0) is 9.59 Å². The molecule has 6 rings (SSSR count). The number of nitrogens with one attached hydrogen (secondary N) is 2. The highest BCUT2D eigenvalue weighted by Crippen LogP contribution is 2.55. The Balaban J connectivity index is 1.37. The van der Waals surface area contributed by atoms with E-state index in [2.05, 4.69) is 10.6 Å². The lowest BCUT2D eigenvalue weighted by molar-refractivity contribution is -0.138. The molecule has 0 saturated heterocycles. The smallest absolute Gasteiger partial charge is 0.292 e. The second kappa shape index (κ2) is 7.88. The molecule has 4 aliphatic carbocycles. The summed E-state index contributed by atoms with van der Waals surface area (Å²) in [6, 6.07) is 16.2. The highest BCUT2D eigenvalue weighted by molar-refractivity contribution is 6.42. The van der Waals surface area contributed by atoms with E-state index in [-0.39, 0.29) is 11.3 Å². The highest BCUT2D eigenvalue weighted by atomic mass is 16.3. The summed E-state index contributed by atoms with van der Waals surface area (Å²) in [4.78, 5) is 25.9. The molecule has 4 saturated carbocycles. The maximum atomic E-state index is 12.9. The zero-order chi connectivity index (χ0) is 21.4. The Morgan fingerprint density at radius 2 is 1.45 bits per heavy atom. The number of hydrogen-bond donors (Lipinski definition) is 3. The number of carbonyl (C=O) groups excluding carboxylic acids is 2. The average Bonchev–Trinajstić information content (AvgIpc) is 2.74. The predicted octanol–water partition coefficient (Wildman–Crippen LogP) is 4.50. The minimum absolute atomic E-state index is 0.0785. The van der Waals surface area contributed by atoms with Gasteiger partial charge in [-0.3, -0.25) is 9.59 Å². The van der Waals surface area contributed by atoms with E-state index in [1.54, 1.807) is 24.3 Å². The second-order valence-corrected chi connectivity index (χ2v) is 9.58. The number of para-hydroxylation sites is 2. The van der Waals surface area contributed by atoms with E-state index in [4.69, 9.17) is 0 Å². The molecule has 4 aliphatic rings. The predicted molar refractivity (Wildman–Crippen MR) is 120 cm³/mol. The van der Waals surface area contributed by atoms with Crippen LogP contribution in [0, 0.1) is 17.8 Å². The Morgan fingerprint density at radius 1 is 0.871 bits per heavy atom. The van der Waals surface area contributed by atoms with Crippen molar-refractivity contribution in [3.05, 3.63) is 66.2 Å². The van der Waals surface area contributed by atoms with Crippen LogP contribution in [0.1, 0.15) is 44.1 Å².